The van der Waals surface area contributed by atoms with E-state index in [-0.39, 0.29) is 22.7 Å². The molecule has 1 aromatic carbocycles. The molecule has 1 rings (SSSR count). The molecule has 0 aliphatic rings. The van der Waals surface area contributed by atoms with Gasteiger partial charge in [-0.3, -0.25) is 4.79 Å². The van der Waals surface area contributed by atoms with Crippen molar-refractivity contribution < 1.29 is 4.79 Å². The maximum atomic E-state index is 11.9. The monoisotopic (exact) mass is 331 g/mol. The summed E-state index contributed by atoms with van der Waals surface area (Å²) in [6, 6.07) is 7.81. The summed E-state index contributed by atoms with van der Waals surface area (Å²) in [7, 11) is 0. The molecule has 1 amide bonds. The van der Waals surface area contributed by atoms with Crippen LogP contribution in [-0.2, 0) is 11.2 Å². The molecule has 18 heavy (non-hydrogen) atoms. The van der Waals surface area contributed by atoms with E-state index in [9.17, 15) is 4.79 Å². The highest BCUT2D eigenvalue weighted by Gasteiger charge is 2.19. The number of nitrogens with one attached hydrogen (secondary N) is 1. The van der Waals surface area contributed by atoms with Crippen molar-refractivity contribution in [3.63, 3.8) is 0 Å². The Morgan fingerprint density at radius 2 is 1.83 bits per heavy atom. The molecule has 0 spiro atoms. The predicted molar refractivity (Wildman–Crippen MR) is 80.3 cm³/mol. The summed E-state index contributed by atoms with van der Waals surface area (Å²) in [4.78, 5) is 11.7. The second-order valence-electron chi connectivity index (χ2n) is 4.89. The average Bonchev–Trinajstić information content (AvgIpc) is 2.30. The third-order valence-electron chi connectivity index (χ3n) is 2.68. The van der Waals surface area contributed by atoms with Crippen LogP contribution in [-0.4, -0.2) is 16.8 Å². The van der Waals surface area contributed by atoms with Crippen LogP contribution in [0, 0.1) is 5.92 Å². The Bertz CT molecular complexity index is 391. The van der Waals surface area contributed by atoms with Crippen molar-refractivity contribution in [1.82, 2.24) is 5.32 Å². The Morgan fingerprint density at radius 3 is 2.33 bits per heavy atom. The van der Waals surface area contributed by atoms with Crippen molar-refractivity contribution in [3.05, 3.63) is 34.9 Å². The molecule has 4 heteroatoms. The molecule has 0 heterocycles. The van der Waals surface area contributed by atoms with Crippen molar-refractivity contribution in [1.29, 1.82) is 0 Å². The van der Waals surface area contributed by atoms with Gasteiger partial charge in [-0.05, 0) is 37.0 Å². The molecule has 2 nitrogen and oxygen atoms in total. The van der Waals surface area contributed by atoms with Gasteiger partial charge in [-0.15, -0.1) is 0 Å². The van der Waals surface area contributed by atoms with E-state index in [1.54, 1.807) is 0 Å². The fourth-order valence-corrected chi connectivity index (χ4v) is 1.91. The van der Waals surface area contributed by atoms with Gasteiger partial charge in [0.2, 0.25) is 5.91 Å². The van der Waals surface area contributed by atoms with Gasteiger partial charge in [-0.2, -0.15) is 0 Å². The van der Waals surface area contributed by atoms with Crippen LogP contribution in [0.1, 0.15) is 26.3 Å². The highest BCUT2D eigenvalue weighted by molar-refractivity contribution is 9.10. The highest BCUT2D eigenvalue weighted by Crippen LogP contribution is 2.13. The number of alkyl halides is 1. The molecule has 0 aliphatic carbocycles. The first-order valence-corrected chi connectivity index (χ1v) is 7.38. The summed E-state index contributed by atoms with van der Waals surface area (Å²) < 4.78 is 0. The van der Waals surface area contributed by atoms with Gasteiger partial charge in [0.1, 0.15) is 0 Å². The van der Waals surface area contributed by atoms with Crippen LogP contribution < -0.4 is 5.32 Å². The maximum Gasteiger partial charge on any atom is 0.234 e. The second kappa shape index (κ2) is 7.15. The fourth-order valence-electron chi connectivity index (χ4n) is 1.65. The molecule has 0 aliphatic heterocycles. The van der Waals surface area contributed by atoms with E-state index in [2.05, 4.69) is 21.2 Å². The van der Waals surface area contributed by atoms with Gasteiger partial charge in [0.05, 0.1) is 4.83 Å². The van der Waals surface area contributed by atoms with Crippen LogP contribution in [0.15, 0.2) is 24.3 Å². The van der Waals surface area contributed by atoms with E-state index in [1.165, 1.54) is 5.56 Å². The topological polar surface area (TPSA) is 29.1 Å². The minimum absolute atomic E-state index is 0.0477. The summed E-state index contributed by atoms with van der Waals surface area (Å²) in [5.74, 6) is 0.333. The number of benzene rings is 1. The lowest BCUT2D eigenvalue weighted by molar-refractivity contribution is -0.121. The second-order valence-corrected chi connectivity index (χ2v) is 6.31. The van der Waals surface area contributed by atoms with E-state index in [1.807, 2.05) is 45.0 Å². The molecule has 0 radical (unpaired) electrons. The predicted octanol–water partition coefficient (Wildman–Crippen LogP) is 3.81. The molecule has 0 aromatic heterocycles. The third-order valence-corrected chi connectivity index (χ3v) is 4.40. The van der Waals surface area contributed by atoms with Gasteiger partial charge in [0.15, 0.2) is 0 Å². The number of hydrogen-bond donors (Lipinski definition) is 1. The molecule has 100 valence electrons. The first-order chi connectivity index (χ1) is 8.40. The van der Waals surface area contributed by atoms with Gasteiger partial charge in [0.25, 0.3) is 0 Å². The molecule has 0 fully saturated rings. The maximum absolute atomic E-state index is 11.9. The molecule has 2 unspecified atom stereocenters. The Labute approximate surface area is 122 Å². The summed E-state index contributed by atoms with van der Waals surface area (Å²) in [6.45, 7) is 6.04. The molecular formula is C14H19BrClNO. The zero-order valence-corrected chi connectivity index (χ0v) is 13.3. The lowest BCUT2D eigenvalue weighted by atomic mass is 10.1. The normalized spacial score (nSPS) is 14.3. The van der Waals surface area contributed by atoms with Gasteiger partial charge >= 0.3 is 0 Å². The lowest BCUT2D eigenvalue weighted by Crippen LogP contribution is -2.40. The smallest absolute Gasteiger partial charge is 0.234 e. The largest absolute Gasteiger partial charge is 0.352 e. The first kappa shape index (κ1) is 15.5. The van der Waals surface area contributed by atoms with Crippen LogP contribution in [0.5, 0.6) is 0 Å². The van der Waals surface area contributed by atoms with Gasteiger partial charge in [0, 0.05) is 11.1 Å². The zero-order valence-electron chi connectivity index (χ0n) is 10.9. The highest BCUT2D eigenvalue weighted by atomic mass is 79.9. The van der Waals surface area contributed by atoms with Crippen LogP contribution in [0.2, 0.25) is 5.02 Å². The zero-order chi connectivity index (χ0) is 13.7. The van der Waals surface area contributed by atoms with Crippen LogP contribution in [0.25, 0.3) is 0 Å². The van der Waals surface area contributed by atoms with Crippen LogP contribution >= 0.6 is 27.5 Å². The molecule has 0 saturated heterocycles. The average molecular weight is 333 g/mol. The Kier molecular flexibility index (Phi) is 6.16. The Hall–Kier alpha value is -0.540. The minimum atomic E-state index is -0.134. The standard InChI is InChI=1S/C14H19BrClNO/c1-9(2)13(15)14(18)17-10(3)8-11-4-6-12(16)7-5-11/h4-7,9-10,13H,8H2,1-3H3,(H,17,18). The fraction of sp³-hybridized carbons (Fsp3) is 0.500. The number of carbonyl (C=O) groups is 1. The molecule has 2 atom stereocenters. The van der Waals surface area contributed by atoms with E-state index in [4.69, 9.17) is 11.6 Å². The number of rotatable bonds is 5. The molecule has 0 saturated carbocycles. The SMILES string of the molecule is CC(Cc1ccc(Cl)cc1)NC(=O)C(Br)C(C)C. The van der Waals surface area contributed by atoms with Crippen molar-refractivity contribution in [2.45, 2.75) is 38.1 Å². The summed E-state index contributed by atoms with van der Waals surface area (Å²) in [5, 5.41) is 3.74. The van der Waals surface area contributed by atoms with Crippen LogP contribution in [0.4, 0.5) is 0 Å². The summed E-state index contributed by atoms with van der Waals surface area (Å²) >= 11 is 9.23. The van der Waals surface area contributed by atoms with E-state index in [0.29, 0.717) is 0 Å². The van der Waals surface area contributed by atoms with Crippen molar-refractivity contribution in [2.24, 2.45) is 5.92 Å². The summed E-state index contributed by atoms with van der Waals surface area (Å²) in [5.41, 5.74) is 1.17. The number of hydrogen-bond acceptors (Lipinski definition) is 1. The third kappa shape index (κ3) is 4.99. The molecule has 1 N–H and O–H groups in total. The van der Waals surface area contributed by atoms with Gasteiger partial charge < -0.3 is 5.32 Å². The van der Waals surface area contributed by atoms with Gasteiger partial charge in [-0.25, -0.2) is 0 Å². The van der Waals surface area contributed by atoms with E-state index < -0.39 is 0 Å². The minimum Gasteiger partial charge on any atom is -0.352 e. The molecule has 0 bridgehead atoms. The summed E-state index contributed by atoms with van der Waals surface area (Å²) in [6.07, 6.45) is 0.806. The van der Waals surface area contributed by atoms with Crippen molar-refractivity contribution in [2.75, 3.05) is 0 Å². The molecular weight excluding hydrogens is 314 g/mol. The van der Waals surface area contributed by atoms with Crippen LogP contribution in [0.3, 0.4) is 0 Å². The van der Waals surface area contributed by atoms with E-state index >= 15 is 0 Å². The number of amides is 1. The Morgan fingerprint density at radius 1 is 1.28 bits per heavy atom. The molecule has 1 aromatic rings. The quantitative estimate of drug-likeness (QED) is 0.816. The first-order valence-electron chi connectivity index (χ1n) is 6.09. The number of halogens is 2. The van der Waals surface area contributed by atoms with E-state index in [0.717, 1.165) is 11.4 Å². The lowest BCUT2D eigenvalue weighted by Gasteiger charge is -2.18. The Balaban J connectivity index is 2.49. The number of carbonyl (C=O) groups excluding carboxylic acids is 1. The van der Waals surface area contributed by atoms with Crippen molar-refractivity contribution in [3.8, 4) is 0 Å². The van der Waals surface area contributed by atoms with Crippen molar-refractivity contribution >= 4 is 33.4 Å². The van der Waals surface area contributed by atoms with Gasteiger partial charge in [-0.1, -0.05) is 53.5 Å².